The van der Waals surface area contributed by atoms with Gasteiger partial charge in [-0.25, -0.2) is 0 Å². The van der Waals surface area contributed by atoms with Crippen molar-refractivity contribution >= 4 is 11.5 Å². The van der Waals surface area contributed by atoms with Crippen molar-refractivity contribution in [3.05, 3.63) is 75.3 Å². The lowest BCUT2D eigenvalue weighted by atomic mass is 9.80. The number of nitro benzene ring substituents is 1. The van der Waals surface area contributed by atoms with Crippen LogP contribution in [0.15, 0.2) is 48.5 Å². The van der Waals surface area contributed by atoms with E-state index >= 15 is 0 Å². The molecule has 4 heteroatoms. The van der Waals surface area contributed by atoms with Crippen LogP contribution in [0, 0.1) is 10.1 Å². The van der Waals surface area contributed by atoms with Gasteiger partial charge in [-0.2, -0.15) is 0 Å². The van der Waals surface area contributed by atoms with Gasteiger partial charge in [0.15, 0.2) is 5.78 Å². The largest absolute Gasteiger partial charge is 0.289 e. The van der Waals surface area contributed by atoms with Crippen molar-refractivity contribution in [1.82, 2.24) is 0 Å². The number of carbonyl (C=O) groups is 1. The molecule has 1 saturated carbocycles. The van der Waals surface area contributed by atoms with Crippen molar-refractivity contribution in [2.24, 2.45) is 0 Å². The average molecular weight is 309 g/mol. The van der Waals surface area contributed by atoms with Crippen molar-refractivity contribution in [3.63, 3.8) is 0 Å². The molecule has 2 aromatic rings. The van der Waals surface area contributed by atoms with E-state index in [4.69, 9.17) is 0 Å². The molecular weight excluding hydrogens is 290 g/mol. The fourth-order valence-corrected chi connectivity index (χ4v) is 3.37. The summed E-state index contributed by atoms with van der Waals surface area (Å²) in [5.74, 6) is 0.187. The van der Waals surface area contributed by atoms with Crippen LogP contribution in [0.5, 0.6) is 0 Å². The maximum absolute atomic E-state index is 12.8. The zero-order valence-electron chi connectivity index (χ0n) is 12.9. The molecule has 3 rings (SSSR count). The van der Waals surface area contributed by atoms with E-state index < -0.39 is 0 Å². The molecule has 1 fully saturated rings. The number of benzene rings is 2. The summed E-state index contributed by atoms with van der Waals surface area (Å²) in [5, 5.41) is 11.1. The molecule has 1 aliphatic carbocycles. The molecule has 0 N–H and O–H groups in total. The molecule has 0 spiro atoms. The average Bonchev–Trinajstić information content (AvgIpc) is 2.62. The van der Waals surface area contributed by atoms with Gasteiger partial charge >= 0.3 is 0 Å². The van der Waals surface area contributed by atoms with E-state index in [9.17, 15) is 14.9 Å². The van der Waals surface area contributed by atoms with Crippen LogP contribution >= 0.6 is 0 Å². The predicted molar refractivity (Wildman–Crippen MR) is 88.8 cm³/mol. The predicted octanol–water partition coefficient (Wildman–Crippen LogP) is 4.87. The Morgan fingerprint density at radius 1 is 1.00 bits per heavy atom. The summed E-state index contributed by atoms with van der Waals surface area (Å²) in [6.45, 7) is 0. The number of ketones is 1. The molecule has 0 bridgehead atoms. The second-order valence-corrected chi connectivity index (χ2v) is 6.06. The molecule has 0 saturated heterocycles. The number of hydrogen-bond acceptors (Lipinski definition) is 3. The summed E-state index contributed by atoms with van der Waals surface area (Å²) in [7, 11) is 0. The zero-order valence-corrected chi connectivity index (χ0v) is 12.9. The monoisotopic (exact) mass is 309 g/mol. The lowest BCUT2D eigenvalue weighted by Crippen LogP contribution is -2.12. The van der Waals surface area contributed by atoms with Crippen molar-refractivity contribution < 1.29 is 9.72 Å². The molecule has 118 valence electrons. The van der Waals surface area contributed by atoms with Gasteiger partial charge in [-0.3, -0.25) is 14.9 Å². The van der Waals surface area contributed by atoms with Gasteiger partial charge in [-0.15, -0.1) is 0 Å². The Morgan fingerprint density at radius 3 is 2.35 bits per heavy atom. The molecule has 1 aliphatic rings. The quantitative estimate of drug-likeness (QED) is 0.459. The van der Waals surface area contributed by atoms with Gasteiger partial charge in [-0.05, 0) is 30.4 Å². The number of nitrogens with zero attached hydrogens (tertiary/aromatic N) is 1. The third-order valence-electron chi connectivity index (χ3n) is 4.57. The molecule has 0 unspecified atom stereocenters. The lowest BCUT2D eigenvalue weighted by Gasteiger charge is -2.23. The molecule has 2 aromatic carbocycles. The first-order valence-corrected chi connectivity index (χ1v) is 8.05. The van der Waals surface area contributed by atoms with Gasteiger partial charge in [0.1, 0.15) is 0 Å². The second kappa shape index (κ2) is 6.73. The number of carbonyl (C=O) groups excluding carboxylic acids is 1. The first-order chi connectivity index (χ1) is 11.2. The normalized spacial score (nSPS) is 15.3. The van der Waals surface area contributed by atoms with Crippen molar-refractivity contribution in [2.45, 2.75) is 38.0 Å². The van der Waals surface area contributed by atoms with E-state index in [1.807, 2.05) is 18.2 Å². The number of rotatable bonds is 4. The van der Waals surface area contributed by atoms with Gasteiger partial charge in [-0.1, -0.05) is 49.6 Å². The van der Waals surface area contributed by atoms with Crippen LogP contribution in [0.1, 0.15) is 59.5 Å². The molecule has 23 heavy (non-hydrogen) atoms. The minimum Gasteiger partial charge on any atom is -0.289 e. The Hall–Kier alpha value is -2.49. The number of hydrogen-bond donors (Lipinski definition) is 0. The highest BCUT2D eigenvalue weighted by Gasteiger charge is 2.24. The van der Waals surface area contributed by atoms with Crippen LogP contribution in [-0.2, 0) is 0 Å². The van der Waals surface area contributed by atoms with Gasteiger partial charge in [0.05, 0.1) is 4.92 Å². The van der Waals surface area contributed by atoms with Crippen LogP contribution in [0.3, 0.4) is 0 Å². The first kappa shape index (κ1) is 15.4. The number of nitro groups is 1. The van der Waals surface area contributed by atoms with E-state index in [-0.39, 0.29) is 22.3 Å². The van der Waals surface area contributed by atoms with Crippen LogP contribution < -0.4 is 0 Å². The summed E-state index contributed by atoms with van der Waals surface area (Å²) in [5.41, 5.74) is 2.13. The van der Waals surface area contributed by atoms with Gasteiger partial charge in [0.2, 0.25) is 0 Å². The Balaban J connectivity index is 2.04. The van der Waals surface area contributed by atoms with Gasteiger partial charge < -0.3 is 0 Å². The van der Waals surface area contributed by atoms with Crippen LogP contribution in [-0.4, -0.2) is 10.7 Å². The second-order valence-electron chi connectivity index (χ2n) is 6.06. The highest BCUT2D eigenvalue weighted by atomic mass is 16.6. The molecule has 0 aromatic heterocycles. The third-order valence-corrected chi connectivity index (χ3v) is 4.57. The highest BCUT2D eigenvalue weighted by Crippen LogP contribution is 2.36. The Morgan fingerprint density at radius 2 is 1.70 bits per heavy atom. The van der Waals surface area contributed by atoms with Crippen LogP contribution in [0.2, 0.25) is 0 Å². The molecule has 0 amide bonds. The topological polar surface area (TPSA) is 60.2 Å². The maximum Gasteiger partial charge on any atom is 0.269 e. The standard InChI is InChI=1S/C19H19NO3/c21-19(15-9-5-2-6-10-15)17-12-11-16(20(22)23)13-18(17)14-7-3-1-4-8-14/h2,5-6,9-14H,1,3-4,7-8H2. The third kappa shape index (κ3) is 3.31. The Labute approximate surface area is 135 Å². The molecule has 0 radical (unpaired) electrons. The summed E-state index contributed by atoms with van der Waals surface area (Å²) in [4.78, 5) is 23.5. The first-order valence-electron chi connectivity index (χ1n) is 8.05. The zero-order chi connectivity index (χ0) is 16.2. The van der Waals surface area contributed by atoms with Crippen molar-refractivity contribution in [2.75, 3.05) is 0 Å². The fraction of sp³-hybridized carbons (Fsp3) is 0.316. The fourth-order valence-electron chi connectivity index (χ4n) is 3.37. The molecule has 0 aliphatic heterocycles. The SMILES string of the molecule is O=C(c1ccccc1)c1ccc([N+](=O)[O-])cc1C1CCCCC1. The molecule has 0 atom stereocenters. The van der Waals surface area contributed by atoms with E-state index in [0.29, 0.717) is 11.1 Å². The Kier molecular flexibility index (Phi) is 4.51. The smallest absolute Gasteiger partial charge is 0.269 e. The van der Waals surface area contributed by atoms with E-state index in [0.717, 1.165) is 31.2 Å². The highest BCUT2D eigenvalue weighted by molar-refractivity contribution is 6.10. The Bertz CT molecular complexity index is 719. The van der Waals surface area contributed by atoms with Crippen LogP contribution in [0.25, 0.3) is 0 Å². The van der Waals surface area contributed by atoms with E-state index in [1.54, 1.807) is 24.3 Å². The summed E-state index contributed by atoms with van der Waals surface area (Å²) in [6.07, 6.45) is 5.43. The maximum atomic E-state index is 12.8. The van der Waals surface area contributed by atoms with E-state index in [2.05, 4.69) is 0 Å². The number of non-ortho nitro benzene ring substituents is 1. The van der Waals surface area contributed by atoms with Gasteiger partial charge in [0, 0.05) is 23.3 Å². The molecule has 0 heterocycles. The summed E-state index contributed by atoms with van der Waals surface area (Å²) >= 11 is 0. The van der Waals surface area contributed by atoms with E-state index in [1.165, 1.54) is 12.5 Å². The minimum atomic E-state index is -0.386. The molecular formula is C19H19NO3. The summed E-state index contributed by atoms with van der Waals surface area (Å²) < 4.78 is 0. The van der Waals surface area contributed by atoms with Crippen molar-refractivity contribution in [3.8, 4) is 0 Å². The molecule has 4 nitrogen and oxygen atoms in total. The lowest BCUT2D eigenvalue weighted by molar-refractivity contribution is -0.384. The van der Waals surface area contributed by atoms with Gasteiger partial charge in [0.25, 0.3) is 5.69 Å². The minimum absolute atomic E-state index is 0.0546. The van der Waals surface area contributed by atoms with Crippen LogP contribution in [0.4, 0.5) is 5.69 Å². The summed E-state index contributed by atoms with van der Waals surface area (Å²) in [6, 6.07) is 13.8. The van der Waals surface area contributed by atoms with Crippen molar-refractivity contribution in [1.29, 1.82) is 0 Å².